The van der Waals surface area contributed by atoms with Gasteiger partial charge < -0.3 is 9.84 Å². The molecule has 0 spiro atoms. The Balaban J connectivity index is 2.34. The number of aliphatic hydroxyl groups is 1. The molecule has 2 aromatic rings. The summed E-state index contributed by atoms with van der Waals surface area (Å²) in [5, 5.41) is 11.1. The first-order valence-corrected chi connectivity index (χ1v) is 7.11. The van der Waals surface area contributed by atoms with Crippen LogP contribution in [0.1, 0.15) is 25.0 Å². The van der Waals surface area contributed by atoms with E-state index in [0.29, 0.717) is 11.1 Å². The molecule has 0 bridgehead atoms. The Kier molecular flexibility index (Phi) is 5.08. The zero-order chi connectivity index (χ0) is 18.0. The lowest BCUT2D eigenvalue weighted by molar-refractivity contribution is -0.253. The highest BCUT2D eigenvalue weighted by Gasteiger charge is 2.44. The van der Waals surface area contributed by atoms with E-state index in [-0.39, 0.29) is 5.92 Å². The summed E-state index contributed by atoms with van der Waals surface area (Å²) in [5.41, 5.74) is -0.669. The van der Waals surface area contributed by atoms with E-state index in [2.05, 4.69) is 14.7 Å². The zero-order valence-corrected chi connectivity index (χ0v) is 13.0. The summed E-state index contributed by atoms with van der Waals surface area (Å²) in [4.78, 5) is 7.73. The van der Waals surface area contributed by atoms with Gasteiger partial charge in [-0.1, -0.05) is 26.0 Å². The van der Waals surface area contributed by atoms with E-state index in [1.54, 1.807) is 13.8 Å². The van der Waals surface area contributed by atoms with Crippen molar-refractivity contribution in [3.63, 3.8) is 0 Å². The van der Waals surface area contributed by atoms with Crippen LogP contribution in [-0.4, -0.2) is 27.6 Å². The maximum Gasteiger partial charge on any atom is 0.461 e. The van der Waals surface area contributed by atoms with Crippen LogP contribution in [0.3, 0.4) is 0 Å². The van der Waals surface area contributed by atoms with E-state index in [4.69, 9.17) is 0 Å². The number of benzene rings is 1. The fourth-order valence-corrected chi connectivity index (χ4v) is 2.31. The molecule has 0 aliphatic heterocycles. The first kappa shape index (κ1) is 18.1. The molecule has 0 saturated carbocycles. The molecule has 2 rings (SSSR count). The lowest BCUT2D eigenvalue weighted by atomic mass is 9.79. The minimum atomic E-state index is -4.58. The summed E-state index contributed by atoms with van der Waals surface area (Å²) < 4.78 is 54.2. The second kappa shape index (κ2) is 6.72. The van der Waals surface area contributed by atoms with Crippen LogP contribution in [0, 0.1) is 5.92 Å². The summed E-state index contributed by atoms with van der Waals surface area (Å²) in [5.74, 6) is -0.725. The molecular formula is C16H16F4N2O2. The molecule has 1 atom stereocenters. The van der Waals surface area contributed by atoms with Gasteiger partial charge in [0, 0.05) is 18.0 Å². The topological polar surface area (TPSA) is 55.2 Å². The summed E-state index contributed by atoms with van der Waals surface area (Å²) in [7, 11) is 0. The Hall–Kier alpha value is -2.22. The molecule has 1 aromatic carbocycles. The maximum atomic E-state index is 12.9. The van der Waals surface area contributed by atoms with Crippen molar-refractivity contribution in [1.82, 2.24) is 9.97 Å². The van der Waals surface area contributed by atoms with Crippen molar-refractivity contribution in [2.24, 2.45) is 5.92 Å². The molecule has 8 heteroatoms. The minimum absolute atomic E-state index is 0.294. The van der Waals surface area contributed by atoms with Gasteiger partial charge in [-0.15, -0.1) is 0 Å². The molecule has 24 heavy (non-hydrogen) atoms. The van der Waals surface area contributed by atoms with Crippen molar-refractivity contribution in [1.29, 1.82) is 0 Å². The second-order valence-electron chi connectivity index (χ2n) is 5.54. The summed E-state index contributed by atoms with van der Waals surface area (Å²) >= 11 is 0. The number of halogens is 4. The molecule has 1 N–H and O–H groups in total. The van der Waals surface area contributed by atoms with Crippen molar-refractivity contribution in [3.8, 4) is 5.75 Å². The lowest BCUT2D eigenvalue weighted by Crippen LogP contribution is -2.34. The Bertz CT molecular complexity index is 666. The van der Waals surface area contributed by atoms with Crippen LogP contribution in [0.15, 0.2) is 43.0 Å². The highest BCUT2D eigenvalue weighted by molar-refractivity contribution is 5.37. The van der Waals surface area contributed by atoms with Gasteiger partial charge in [0.1, 0.15) is 17.7 Å². The number of ether oxygens (including phenoxy) is 1. The summed E-state index contributed by atoms with van der Waals surface area (Å²) in [6, 6.07) is 4.87. The monoisotopic (exact) mass is 344 g/mol. The lowest BCUT2D eigenvalue weighted by Gasteiger charge is -2.32. The highest BCUT2D eigenvalue weighted by atomic mass is 19.3. The highest BCUT2D eigenvalue weighted by Crippen LogP contribution is 2.37. The van der Waals surface area contributed by atoms with Crippen LogP contribution in [0.5, 0.6) is 5.75 Å². The number of alkyl halides is 4. The van der Waals surface area contributed by atoms with Crippen LogP contribution in [0.2, 0.25) is 0 Å². The average Bonchev–Trinajstić information content (AvgIpc) is 2.55. The molecule has 130 valence electrons. The predicted octanol–water partition coefficient (Wildman–Crippen LogP) is 3.61. The largest absolute Gasteiger partial charge is 0.461 e. The van der Waals surface area contributed by atoms with Gasteiger partial charge in [0.15, 0.2) is 0 Å². The molecule has 1 aromatic heterocycles. The second-order valence-corrected chi connectivity index (χ2v) is 5.54. The molecule has 1 heterocycles. The van der Waals surface area contributed by atoms with Gasteiger partial charge in [0.2, 0.25) is 0 Å². The Morgan fingerprint density at radius 3 is 2.00 bits per heavy atom. The van der Waals surface area contributed by atoms with Gasteiger partial charge in [0.25, 0.3) is 0 Å². The Morgan fingerprint density at radius 1 is 1.00 bits per heavy atom. The SMILES string of the molecule is CC(C)C(O)(c1ccc(OC(F)(F)C(F)F)cc1)c1cncnc1. The number of nitrogens with zero attached hydrogens (tertiary/aromatic N) is 2. The van der Waals surface area contributed by atoms with E-state index in [9.17, 15) is 22.7 Å². The fourth-order valence-electron chi connectivity index (χ4n) is 2.31. The van der Waals surface area contributed by atoms with Gasteiger partial charge in [-0.3, -0.25) is 0 Å². The van der Waals surface area contributed by atoms with E-state index in [0.717, 1.165) is 12.1 Å². The maximum absolute atomic E-state index is 12.9. The third kappa shape index (κ3) is 3.48. The van der Waals surface area contributed by atoms with E-state index in [1.807, 2.05) is 0 Å². The van der Waals surface area contributed by atoms with Crippen molar-refractivity contribution in [2.45, 2.75) is 32.0 Å². The first-order valence-electron chi connectivity index (χ1n) is 7.11. The van der Waals surface area contributed by atoms with E-state index >= 15 is 0 Å². The van der Waals surface area contributed by atoms with Crippen molar-refractivity contribution < 1.29 is 27.4 Å². The van der Waals surface area contributed by atoms with Gasteiger partial charge in [0.05, 0.1) is 0 Å². The van der Waals surface area contributed by atoms with E-state index in [1.165, 1.54) is 30.9 Å². The molecule has 1 unspecified atom stereocenters. The molecular weight excluding hydrogens is 328 g/mol. The number of rotatable bonds is 6. The number of hydrogen-bond donors (Lipinski definition) is 1. The number of hydrogen-bond acceptors (Lipinski definition) is 4. The minimum Gasteiger partial charge on any atom is -0.428 e. The molecule has 0 saturated heterocycles. The summed E-state index contributed by atoms with van der Waals surface area (Å²) in [6.45, 7) is 3.53. The van der Waals surface area contributed by atoms with Crippen molar-refractivity contribution in [2.75, 3.05) is 0 Å². The third-order valence-corrected chi connectivity index (χ3v) is 3.64. The zero-order valence-electron chi connectivity index (χ0n) is 13.0. The molecule has 0 aliphatic rings. The van der Waals surface area contributed by atoms with Gasteiger partial charge in [-0.05, 0) is 23.6 Å². The predicted molar refractivity (Wildman–Crippen MR) is 77.9 cm³/mol. The van der Waals surface area contributed by atoms with Crippen molar-refractivity contribution >= 4 is 0 Å². The van der Waals surface area contributed by atoms with Crippen LogP contribution < -0.4 is 4.74 Å². The summed E-state index contributed by atoms with van der Waals surface area (Å²) in [6.07, 6.45) is -4.31. The standard InChI is InChI=1S/C16H16F4N2O2/c1-10(2)15(23,12-7-21-9-22-8-12)11-3-5-13(6-4-11)24-16(19,20)14(17)18/h3-10,14,23H,1-2H3. The molecule has 4 nitrogen and oxygen atoms in total. The normalized spacial score (nSPS) is 14.7. The fraction of sp³-hybridized carbons (Fsp3) is 0.375. The Labute approximate surface area is 136 Å². The quantitative estimate of drug-likeness (QED) is 0.814. The van der Waals surface area contributed by atoms with Gasteiger partial charge in [-0.25, -0.2) is 9.97 Å². The smallest absolute Gasteiger partial charge is 0.428 e. The third-order valence-electron chi connectivity index (χ3n) is 3.64. The molecule has 0 radical (unpaired) electrons. The van der Waals surface area contributed by atoms with Gasteiger partial charge in [-0.2, -0.15) is 17.6 Å². The van der Waals surface area contributed by atoms with Gasteiger partial charge >= 0.3 is 12.5 Å². The van der Waals surface area contributed by atoms with Crippen LogP contribution in [0.4, 0.5) is 17.6 Å². The van der Waals surface area contributed by atoms with Crippen molar-refractivity contribution in [3.05, 3.63) is 54.1 Å². The van der Waals surface area contributed by atoms with E-state index < -0.39 is 23.9 Å². The Morgan fingerprint density at radius 2 is 1.54 bits per heavy atom. The number of aromatic nitrogens is 2. The van der Waals surface area contributed by atoms with Crippen LogP contribution >= 0.6 is 0 Å². The van der Waals surface area contributed by atoms with Crippen LogP contribution in [-0.2, 0) is 5.60 Å². The molecule has 0 aliphatic carbocycles. The first-order chi connectivity index (χ1) is 11.2. The average molecular weight is 344 g/mol. The molecule has 0 amide bonds. The molecule has 0 fully saturated rings. The van der Waals surface area contributed by atoms with Crippen LogP contribution in [0.25, 0.3) is 0 Å².